The molecule has 2 rings (SSSR count). The molecule has 0 aliphatic heterocycles. The third kappa shape index (κ3) is 3.67. The SMILES string of the molecule is Nc1ccc(C(O)CC(=O)c2ccc(Cl)c(Cl)c2)cc1O. The maximum atomic E-state index is 12.1. The first-order valence-electron chi connectivity index (χ1n) is 6.13. The first kappa shape index (κ1) is 15.6. The summed E-state index contributed by atoms with van der Waals surface area (Å²) in [4.78, 5) is 12.1. The molecule has 0 amide bonds. The molecule has 0 fully saturated rings. The molecule has 0 heterocycles. The second-order valence-corrected chi connectivity index (χ2v) is 5.40. The van der Waals surface area contributed by atoms with Crippen LogP contribution in [0.4, 0.5) is 5.69 Å². The highest BCUT2D eigenvalue weighted by atomic mass is 35.5. The first-order chi connectivity index (χ1) is 9.88. The lowest BCUT2D eigenvalue weighted by molar-refractivity contribution is 0.0880. The van der Waals surface area contributed by atoms with Crippen molar-refractivity contribution >= 4 is 34.7 Å². The molecule has 0 aliphatic rings. The molecule has 0 aliphatic carbocycles. The quantitative estimate of drug-likeness (QED) is 0.455. The molecular weight excluding hydrogens is 313 g/mol. The van der Waals surface area contributed by atoms with E-state index in [1.165, 1.54) is 24.3 Å². The third-order valence-electron chi connectivity index (χ3n) is 3.06. The minimum atomic E-state index is -1.04. The van der Waals surface area contributed by atoms with Gasteiger partial charge in [-0.25, -0.2) is 0 Å². The van der Waals surface area contributed by atoms with E-state index in [1.807, 2.05) is 0 Å². The van der Waals surface area contributed by atoms with Crippen LogP contribution in [0, 0.1) is 0 Å². The highest BCUT2D eigenvalue weighted by molar-refractivity contribution is 6.42. The van der Waals surface area contributed by atoms with Gasteiger partial charge in [0.25, 0.3) is 0 Å². The minimum absolute atomic E-state index is 0.131. The number of ketones is 1. The number of aliphatic hydroxyl groups excluding tert-OH is 1. The molecule has 1 atom stereocenters. The Morgan fingerprint density at radius 1 is 1.14 bits per heavy atom. The second kappa shape index (κ2) is 6.35. The third-order valence-corrected chi connectivity index (χ3v) is 3.80. The van der Waals surface area contributed by atoms with Crippen molar-refractivity contribution in [2.75, 3.05) is 5.73 Å². The zero-order valence-corrected chi connectivity index (χ0v) is 12.4. The van der Waals surface area contributed by atoms with Gasteiger partial charge in [-0.3, -0.25) is 4.79 Å². The number of anilines is 1. The number of aromatic hydroxyl groups is 1. The van der Waals surface area contributed by atoms with Crippen molar-refractivity contribution in [2.45, 2.75) is 12.5 Å². The number of rotatable bonds is 4. The smallest absolute Gasteiger partial charge is 0.165 e. The molecule has 2 aromatic rings. The maximum Gasteiger partial charge on any atom is 0.165 e. The van der Waals surface area contributed by atoms with E-state index in [2.05, 4.69) is 0 Å². The summed E-state index contributed by atoms with van der Waals surface area (Å²) in [7, 11) is 0. The molecule has 0 aromatic heterocycles. The van der Waals surface area contributed by atoms with E-state index in [9.17, 15) is 15.0 Å². The zero-order valence-electron chi connectivity index (χ0n) is 10.9. The van der Waals surface area contributed by atoms with Crippen molar-refractivity contribution in [1.82, 2.24) is 0 Å². The Morgan fingerprint density at radius 3 is 2.48 bits per heavy atom. The molecular formula is C15H13Cl2NO3. The molecule has 6 heteroatoms. The van der Waals surface area contributed by atoms with Crippen LogP contribution in [0.15, 0.2) is 36.4 Å². The fraction of sp³-hybridized carbons (Fsp3) is 0.133. The zero-order chi connectivity index (χ0) is 15.6. The second-order valence-electron chi connectivity index (χ2n) is 4.59. The highest BCUT2D eigenvalue weighted by Crippen LogP contribution is 2.28. The number of hydrogen-bond acceptors (Lipinski definition) is 4. The lowest BCUT2D eigenvalue weighted by Crippen LogP contribution is -2.07. The number of aliphatic hydroxyl groups is 1. The van der Waals surface area contributed by atoms with Crippen LogP contribution < -0.4 is 5.73 Å². The van der Waals surface area contributed by atoms with Gasteiger partial charge in [0.15, 0.2) is 5.78 Å². The Bertz CT molecular complexity index is 689. The van der Waals surface area contributed by atoms with Crippen molar-refractivity contribution in [3.63, 3.8) is 0 Å². The summed E-state index contributed by atoms with van der Waals surface area (Å²) < 4.78 is 0. The summed E-state index contributed by atoms with van der Waals surface area (Å²) in [6, 6.07) is 8.89. The molecule has 4 N–H and O–H groups in total. The van der Waals surface area contributed by atoms with E-state index in [4.69, 9.17) is 28.9 Å². The Hall–Kier alpha value is -1.75. The van der Waals surface area contributed by atoms with Gasteiger partial charge in [-0.1, -0.05) is 29.3 Å². The number of carbonyl (C=O) groups excluding carboxylic acids is 1. The minimum Gasteiger partial charge on any atom is -0.506 e. The van der Waals surface area contributed by atoms with Crippen LogP contribution in [-0.2, 0) is 0 Å². The van der Waals surface area contributed by atoms with Crippen LogP contribution in [0.5, 0.6) is 5.75 Å². The van der Waals surface area contributed by atoms with Crippen LogP contribution >= 0.6 is 23.2 Å². The number of halogens is 2. The van der Waals surface area contributed by atoms with Crippen LogP contribution in [0.3, 0.4) is 0 Å². The monoisotopic (exact) mass is 325 g/mol. The van der Waals surface area contributed by atoms with Gasteiger partial charge in [-0.05, 0) is 35.9 Å². The van der Waals surface area contributed by atoms with Crippen LogP contribution in [-0.4, -0.2) is 16.0 Å². The average Bonchev–Trinajstić information content (AvgIpc) is 2.44. The van der Waals surface area contributed by atoms with E-state index in [0.717, 1.165) is 0 Å². The Labute approximate surface area is 131 Å². The van der Waals surface area contributed by atoms with Gasteiger partial charge in [0, 0.05) is 12.0 Å². The molecule has 110 valence electrons. The van der Waals surface area contributed by atoms with E-state index < -0.39 is 6.10 Å². The highest BCUT2D eigenvalue weighted by Gasteiger charge is 2.16. The molecule has 0 bridgehead atoms. The van der Waals surface area contributed by atoms with Crippen molar-refractivity contribution in [2.24, 2.45) is 0 Å². The predicted octanol–water partition coefficient (Wildman–Crippen LogP) is 3.59. The molecule has 2 aromatic carbocycles. The first-order valence-corrected chi connectivity index (χ1v) is 6.89. The predicted molar refractivity (Wildman–Crippen MR) is 82.9 cm³/mol. The van der Waals surface area contributed by atoms with Crippen molar-refractivity contribution < 1.29 is 15.0 Å². The molecule has 0 spiro atoms. The van der Waals surface area contributed by atoms with Crippen LogP contribution in [0.25, 0.3) is 0 Å². The van der Waals surface area contributed by atoms with Crippen LogP contribution in [0.1, 0.15) is 28.4 Å². The van der Waals surface area contributed by atoms with Crippen molar-refractivity contribution in [3.05, 3.63) is 57.6 Å². The van der Waals surface area contributed by atoms with Gasteiger partial charge >= 0.3 is 0 Å². The molecule has 1 unspecified atom stereocenters. The fourth-order valence-corrected chi connectivity index (χ4v) is 2.15. The van der Waals surface area contributed by atoms with Gasteiger partial charge in [0.05, 0.1) is 21.8 Å². The number of phenolic OH excluding ortho intramolecular Hbond substituents is 1. The van der Waals surface area contributed by atoms with Crippen molar-refractivity contribution in [3.8, 4) is 5.75 Å². The van der Waals surface area contributed by atoms with Gasteiger partial charge in [0.1, 0.15) is 5.75 Å². The van der Waals surface area contributed by atoms with Gasteiger partial charge < -0.3 is 15.9 Å². The van der Waals surface area contributed by atoms with Gasteiger partial charge in [-0.2, -0.15) is 0 Å². The summed E-state index contributed by atoms with van der Waals surface area (Å²) in [6.07, 6.45) is -1.18. The van der Waals surface area contributed by atoms with E-state index in [-0.39, 0.29) is 28.7 Å². The van der Waals surface area contributed by atoms with Crippen molar-refractivity contribution in [1.29, 1.82) is 0 Å². The fourth-order valence-electron chi connectivity index (χ4n) is 1.85. The topological polar surface area (TPSA) is 83.5 Å². The largest absolute Gasteiger partial charge is 0.506 e. The Kier molecular flexibility index (Phi) is 4.73. The Balaban J connectivity index is 2.14. The van der Waals surface area contributed by atoms with E-state index in [0.29, 0.717) is 16.1 Å². The number of hydrogen-bond donors (Lipinski definition) is 3. The summed E-state index contributed by atoms with van der Waals surface area (Å²) in [6.45, 7) is 0. The number of Topliss-reactive ketones (excluding diaryl/α,β-unsaturated/α-hetero) is 1. The molecule has 0 radical (unpaired) electrons. The lowest BCUT2D eigenvalue weighted by Gasteiger charge is -2.12. The van der Waals surface area contributed by atoms with Gasteiger partial charge in [0.2, 0.25) is 0 Å². The number of phenols is 1. The van der Waals surface area contributed by atoms with E-state index in [1.54, 1.807) is 12.1 Å². The Morgan fingerprint density at radius 2 is 1.86 bits per heavy atom. The molecule has 0 saturated heterocycles. The standard InChI is InChI=1S/C15H13Cl2NO3/c16-10-3-1-8(5-11(10)17)13(19)7-14(20)9-2-4-12(18)15(21)6-9/h1-6,14,20-21H,7,18H2. The summed E-state index contributed by atoms with van der Waals surface area (Å²) in [5.41, 5.74) is 6.47. The maximum absolute atomic E-state index is 12.1. The van der Waals surface area contributed by atoms with Crippen LogP contribution in [0.2, 0.25) is 10.0 Å². The molecule has 21 heavy (non-hydrogen) atoms. The number of nitrogens with two attached hydrogens (primary N) is 1. The summed E-state index contributed by atoms with van der Waals surface area (Å²) in [5, 5.41) is 20.2. The number of benzene rings is 2. The number of nitrogen functional groups attached to an aromatic ring is 1. The van der Waals surface area contributed by atoms with Gasteiger partial charge in [-0.15, -0.1) is 0 Å². The molecule has 4 nitrogen and oxygen atoms in total. The molecule has 0 saturated carbocycles. The lowest BCUT2D eigenvalue weighted by atomic mass is 10.00. The van der Waals surface area contributed by atoms with E-state index >= 15 is 0 Å². The average molecular weight is 326 g/mol. The number of carbonyl (C=O) groups is 1. The summed E-state index contributed by atoms with van der Waals surface area (Å²) >= 11 is 11.6. The summed E-state index contributed by atoms with van der Waals surface area (Å²) in [5.74, 6) is -0.411. The normalized spacial score (nSPS) is 12.1.